The van der Waals surface area contributed by atoms with Crippen LogP contribution in [0.5, 0.6) is 0 Å². The first-order chi connectivity index (χ1) is 8.40. The molecule has 2 rings (SSSR count). The second-order valence-corrected chi connectivity index (χ2v) is 7.08. The molecule has 0 radical (unpaired) electrons. The van der Waals surface area contributed by atoms with Crippen molar-refractivity contribution in [3.8, 4) is 0 Å². The van der Waals surface area contributed by atoms with E-state index in [1.54, 1.807) is 0 Å². The van der Waals surface area contributed by atoms with Gasteiger partial charge >= 0.3 is 0 Å². The Morgan fingerprint density at radius 1 is 1.50 bits per heavy atom. The van der Waals surface area contributed by atoms with E-state index in [-0.39, 0.29) is 4.75 Å². The summed E-state index contributed by atoms with van der Waals surface area (Å²) >= 11 is 0. The van der Waals surface area contributed by atoms with Crippen molar-refractivity contribution in [3.63, 3.8) is 0 Å². The number of nitrogens with zero attached hydrogens (tertiary/aromatic N) is 1. The fourth-order valence-corrected chi connectivity index (χ4v) is 2.62. The van der Waals surface area contributed by atoms with Crippen LogP contribution in [0.25, 0.3) is 10.9 Å². The SMILES string of the molecule is C[C@H](CC(C)(C)S(N)=O)c1ccc2[nH]ncc2c1. The minimum absolute atomic E-state index is 0.312. The highest BCUT2D eigenvalue weighted by atomic mass is 32.2. The van der Waals surface area contributed by atoms with Gasteiger partial charge in [0.2, 0.25) is 0 Å². The Morgan fingerprint density at radius 3 is 2.89 bits per heavy atom. The molecule has 4 nitrogen and oxygen atoms in total. The van der Waals surface area contributed by atoms with Crippen molar-refractivity contribution in [1.82, 2.24) is 10.2 Å². The van der Waals surface area contributed by atoms with Crippen LogP contribution in [0.4, 0.5) is 0 Å². The van der Waals surface area contributed by atoms with Crippen LogP contribution in [0.1, 0.15) is 38.7 Å². The summed E-state index contributed by atoms with van der Waals surface area (Å²) in [4.78, 5) is 0. The maximum absolute atomic E-state index is 11.5. The summed E-state index contributed by atoms with van der Waals surface area (Å²) in [5.74, 6) is 0.312. The van der Waals surface area contributed by atoms with Crippen molar-refractivity contribution < 1.29 is 4.21 Å². The van der Waals surface area contributed by atoms with E-state index < -0.39 is 11.0 Å². The Kier molecular flexibility index (Phi) is 3.54. The fraction of sp³-hybridized carbons (Fsp3) is 0.462. The first kappa shape index (κ1) is 13.2. The van der Waals surface area contributed by atoms with Crippen LogP contribution >= 0.6 is 0 Å². The molecule has 2 aromatic rings. The van der Waals surface area contributed by atoms with E-state index in [2.05, 4.69) is 29.3 Å². The van der Waals surface area contributed by atoms with Gasteiger partial charge in [-0.15, -0.1) is 0 Å². The number of benzene rings is 1. The van der Waals surface area contributed by atoms with Crippen LogP contribution in [-0.4, -0.2) is 19.2 Å². The lowest BCUT2D eigenvalue weighted by atomic mass is 9.91. The quantitative estimate of drug-likeness (QED) is 0.891. The topological polar surface area (TPSA) is 71.8 Å². The molecule has 98 valence electrons. The van der Waals surface area contributed by atoms with Gasteiger partial charge in [0.1, 0.15) is 0 Å². The Morgan fingerprint density at radius 2 is 2.22 bits per heavy atom. The highest BCUT2D eigenvalue weighted by Crippen LogP contribution is 2.29. The number of nitrogens with two attached hydrogens (primary N) is 1. The fourth-order valence-electron chi connectivity index (χ4n) is 2.21. The highest BCUT2D eigenvalue weighted by molar-refractivity contribution is 7.84. The number of aromatic nitrogens is 2. The molecule has 0 fully saturated rings. The average Bonchev–Trinajstić information content (AvgIpc) is 2.74. The molecule has 0 aliphatic heterocycles. The third kappa shape index (κ3) is 2.62. The molecule has 5 heteroatoms. The van der Waals surface area contributed by atoms with Gasteiger partial charge in [0.05, 0.1) is 27.4 Å². The Balaban J connectivity index is 2.22. The summed E-state index contributed by atoms with van der Waals surface area (Å²) in [7, 11) is -1.31. The number of fused-ring (bicyclic) bond motifs is 1. The summed E-state index contributed by atoms with van der Waals surface area (Å²) in [6.07, 6.45) is 2.61. The van der Waals surface area contributed by atoms with E-state index in [1.807, 2.05) is 26.1 Å². The molecule has 1 aromatic heterocycles. The minimum Gasteiger partial charge on any atom is -0.278 e. The smallest absolute Gasteiger partial charge is 0.0945 e. The van der Waals surface area contributed by atoms with E-state index >= 15 is 0 Å². The summed E-state index contributed by atoms with van der Waals surface area (Å²) in [6.45, 7) is 6.02. The van der Waals surface area contributed by atoms with E-state index in [4.69, 9.17) is 5.14 Å². The number of hydrogen-bond acceptors (Lipinski definition) is 2. The number of H-pyrrole nitrogens is 1. The lowest BCUT2D eigenvalue weighted by molar-refractivity contribution is 0.541. The van der Waals surface area contributed by atoms with Gasteiger partial charge in [-0.1, -0.05) is 13.0 Å². The summed E-state index contributed by atoms with van der Waals surface area (Å²) in [6, 6.07) is 6.24. The zero-order chi connectivity index (χ0) is 13.3. The minimum atomic E-state index is -1.31. The lowest BCUT2D eigenvalue weighted by Crippen LogP contribution is -2.33. The average molecular weight is 265 g/mol. The van der Waals surface area contributed by atoms with Gasteiger partial charge < -0.3 is 0 Å². The van der Waals surface area contributed by atoms with Gasteiger partial charge in [-0.2, -0.15) is 5.10 Å². The van der Waals surface area contributed by atoms with Crippen LogP contribution < -0.4 is 5.14 Å². The molecule has 2 atom stereocenters. The summed E-state index contributed by atoms with van der Waals surface area (Å²) < 4.78 is 11.1. The van der Waals surface area contributed by atoms with E-state index in [0.29, 0.717) is 5.92 Å². The van der Waals surface area contributed by atoms with Gasteiger partial charge in [0.25, 0.3) is 0 Å². The molecule has 0 aliphatic rings. The van der Waals surface area contributed by atoms with E-state index in [0.717, 1.165) is 17.3 Å². The molecule has 1 heterocycles. The maximum atomic E-state index is 11.5. The molecule has 1 aromatic carbocycles. The maximum Gasteiger partial charge on any atom is 0.0945 e. The van der Waals surface area contributed by atoms with Gasteiger partial charge in [0, 0.05) is 5.39 Å². The Labute approximate surface area is 110 Å². The second-order valence-electron chi connectivity index (χ2n) is 5.38. The molecular weight excluding hydrogens is 246 g/mol. The number of rotatable bonds is 4. The molecule has 0 spiro atoms. The first-order valence-corrected chi connectivity index (χ1v) is 7.21. The van der Waals surface area contributed by atoms with Crippen LogP contribution in [0.2, 0.25) is 0 Å². The zero-order valence-electron chi connectivity index (χ0n) is 10.9. The van der Waals surface area contributed by atoms with Gasteiger partial charge in [-0.05, 0) is 43.9 Å². The molecule has 0 bridgehead atoms. The van der Waals surface area contributed by atoms with Crippen molar-refractivity contribution >= 4 is 21.9 Å². The first-order valence-electron chi connectivity index (χ1n) is 5.99. The molecular formula is C13H19N3OS. The number of hydrogen-bond donors (Lipinski definition) is 2. The molecule has 3 N–H and O–H groups in total. The predicted octanol–water partition coefficient (Wildman–Crippen LogP) is 2.46. The molecule has 1 unspecified atom stereocenters. The molecule has 0 saturated carbocycles. The lowest BCUT2D eigenvalue weighted by Gasteiger charge is -2.25. The van der Waals surface area contributed by atoms with Crippen LogP contribution in [0.15, 0.2) is 24.4 Å². The summed E-state index contributed by atoms with van der Waals surface area (Å²) in [5, 5.41) is 13.6. The summed E-state index contributed by atoms with van der Waals surface area (Å²) in [5.41, 5.74) is 2.26. The Bertz CT molecular complexity index is 576. The molecule has 0 aliphatic carbocycles. The van der Waals surface area contributed by atoms with Crippen molar-refractivity contribution in [1.29, 1.82) is 0 Å². The zero-order valence-corrected chi connectivity index (χ0v) is 11.8. The molecule has 18 heavy (non-hydrogen) atoms. The van der Waals surface area contributed by atoms with Crippen molar-refractivity contribution in [3.05, 3.63) is 30.0 Å². The van der Waals surface area contributed by atoms with Crippen molar-refractivity contribution in [2.45, 2.75) is 37.9 Å². The van der Waals surface area contributed by atoms with E-state index in [1.165, 1.54) is 5.56 Å². The molecule has 0 saturated heterocycles. The van der Waals surface area contributed by atoms with Crippen molar-refractivity contribution in [2.24, 2.45) is 5.14 Å². The third-order valence-corrected chi connectivity index (χ3v) is 4.63. The predicted molar refractivity (Wildman–Crippen MR) is 75.5 cm³/mol. The van der Waals surface area contributed by atoms with Crippen LogP contribution in [-0.2, 0) is 11.0 Å². The standard InChI is InChI=1S/C13H19N3OS/c1-9(7-13(2,3)18(14)17)10-4-5-12-11(6-10)8-15-16-12/h4-6,8-9H,7,14H2,1-3H3,(H,15,16)/t9-,18?/m1/s1. The second kappa shape index (κ2) is 4.82. The van der Waals surface area contributed by atoms with Crippen LogP contribution in [0.3, 0.4) is 0 Å². The van der Waals surface area contributed by atoms with E-state index in [9.17, 15) is 4.21 Å². The van der Waals surface area contributed by atoms with Gasteiger partial charge in [-0.25, -0.2) is 4.21 Å². The number of aromatic amines is 1. The monoisotopic (exact) mass is 265 g/mol. The van der Waals surface area contributed by atoms with Crippen molar-refractivity contribution in [2.75, 3.05) is 0 Å². The third-order valence-electron chi connectivity index (χ3n) is 3.38. The van der Waals surface area contributed by atoms with Crippen LogP contribution in [0, 0.1) is 0 Å². The normalized spacial score (nSPS) is 15.8. The largest absolute Gasteiger partial charge is 0.278 e. The van der Waals surface area contributed by atoms with Gasteiger partial charge in [0.15, 0.2) is 0 Å². The highest BCUT2D eigenvalue weighted by Gasteiger charge is 2.26. The number of nitrogens with one attached hydrogen (secondary N) is 1. The molecule has 0 amide bonds. The Hall–Kier alpha value is -1.20. The van der Waals surface area contributed by atoms with Gasteiger partial charge in [-0.3, -0.25) is 10.2 Å².